The third-order valence-electron chi connectivity index (χ3n) is 3.99. The number of aliphatic hydroxyl groups excluding tert-OH is 1. The molecule has 132 valence electrons. The Labute approximate surface area is 137 Å². The summed E-state index contributed by atoms with van der Waals surface area (Å²) in [6.45, 7) is 0.213. The fourth-order valence-electron chi connectivity index (χ4n) is 2.78. The van der Waals surface area contributed by atoms with E-state index in [1.807, 2.05) is 5.32 Å². The molecule has 0 saturated heterocycles. The molecule has 1 aliphatic rings. The smallest absolute Gasteiger partial charge is 0.393 e. The lowest BCUT2D eigenvalue weighted by molar-refractivity contribution is -0.138. The van der Waals surface area contributed by atoms with Crippen LogP contribution in [0.2, 0.25) is 0 Å². The zero-order valence-corrected chi connectivity index (χ0v) is 12.9. The number of para-hydroxylation sites is 1. The molecule has 0 heterocycles. The van der Waals surface area contributed by atoms with Gasteiger partial charge in [0.05, 0.1) is 17.4 Å². The quantitative estimate of drug-likeness (QED) is 0.737. The molecule has 1 fully saturated rings. The minimum Gasteiger partial charge on any atom is -0.393 e. The molecular weight excluding hydrogens is 325 g/mol. The fourth-order valence-corrected chi connectivity index (χ4v) is 2.78. The van der Waals surface area contributed by atoms with Gasteiger partial charge < -0.3 is 15.7 Å². The largest absolute Gasteiger partial charge is 0.418 e. The van der Waals surface area contributed by atoms with Gasteiger partial charge in [0.2, 0.25) is 0 Å². The highest BCUT2D eigenvalue weighted by atomic mass is 19.4. The van der Waals surface area contributed by atoms with Gasteiger partial charge in [0, 0.05) is 6.54 Å². The monoisotopic (exact) mass is 344 g/mol. The van der Waals surface area contributed by atoms with Crippen molar-refractivity contribution in [3.05, 3.63) is 29.8 Å². The summed E-state index contributed by atoms with van der Waals surface area (Å²) in [5.74, 6) is -2.08. The second-order valence-corrected chi connectivity index (χ2v) is 5.89. The number of hydrogen-bond donors (Lipinski definition) is 3. The van der Waals surface area contributed by atoms with Crippen LogP contribution in [-0.2, 0) is 15.8 Å². The van der Waals surface area contributed by atoms with Crippen molar-refractivity contribution < 1.29 is 27.9 Å². The molecular formula is C16H19F3N2O3. The summed E-state index contributed by atoms with van der Waals surface area (Å²) in [4.78, 5) is 23.6. The number of aliphatic hydroxyl groups is 1. The van der Waals surface area contributed by atoms with Gasteiger partial charge in [0.15, 0.2) is 0 Å². The number of carbonyl (C=O) groups excluding carboxylic acids is 2. The number of amides is 2. The van der Waals surface area contributed by atoms with Crippen molar-refractivity contribution in [1.29, 1.82) is 0 Å². The van der Waals surface area contributed by atoms with Gasteiger partial charge in [-0.2, -0.15) is 13.2 Å². The van der Waals surface area contributed by atoms with Crippen molar-refractivity contribution in [2.45, 2.75) is 38.0 Å². The van der Waals surface area contributed by atoms with Crippen LogP contribution in [-0.4, -0.2) is 29.6 Å². The maximum absolute atomic E-state index is 12.9. The Kier molecular flexibility index (Phi) is 5.82. The Morgan fingerprint density at radius 3 is 2.54 bits per heavy atom. The highest BCUT2D eigenvalue weighted by Gasteiger charge is 2.34. The van der Waals surface area contributed by atoms with E-state index in [0.29, 0.717) is 6.42 Å². The molecule has 8 heteroatoms. The fraction of sp³-hybridized carbons (Fsp3) is 0.500. The summed E-state index contributed by atoms with van der Waals surface area (Å²) in [5, 5.41) is 14.0. The molecule has 1 saturated carbocycles. The average molecular weight is 344 g/mol. The number of halogens is 3. The molecule has 0 aromatic heterocycles. The van der Waals surface area contributed by atoms with Gasteiger partial charge >= 0.3 is 18.0 Å². The third-order valence-corrected chi connectivity index (χ3v) is 3.99. The van der Waals surface area contributed by atoms with Crippen molar-refractivity contribution in [2.75, 3.05) is 11.9 Å². The first-order valence-corrected chi connectivity index (χ1v) is 7.71. The lowest BCUT2D eigenvalue weighted by Gasteiger charge is -2.25. The minimum atomic E-state index is -4.63. The Balaban J connectivity index is 1.91. The van der Waals surface area contributed by atoms with Crippen LogP contribution in [0.15, 0.2) is 24.3 Å². The zero-order chi connectivity index (χ0) is 17.7. The highest BCUT2D eigenvalue weighted by Crippen LogP contribution is 2.34. The standard InChI is InChI=1S/C16H19F3N2O3/c17-16(18,19)12-6-1-2-7-13(12)21-15(24)14(23)20-9-10-4-3-5-11(22)8-10/h1-2,6-7,10-11,22H,3-5,8-9H2,(H,20,23)(H,21,24). The lowest BCUT2D eigenvalue weighted by Crippen LogP contribution is -2.39. The van der Waals surface area contributed by atoms with E-state index >= 15 is 0 Å². The molecule has 24 heavy (non-hydrogen) atoms. The van der Waals surface area contributed by atoms with Crippen LogP contribution >= 0.6 is 0 Å². The molecule has 0 spiro atoms. The first-order valence-electron chi connectivity index (χ1n) is 7.71. The van der Waals surface area contributed by atoms with Crippen LogP contribution in [0.4, 0.5) is 18.9 Å². The van der Waals surface area contributed by atoms with Gasteiger partial charge in [0.25, 0.3) is 0 Å². The van der Waals surface area contributed by atoms with Gasteiger partial charge in [-0.25, -0.2) is 0 Å². The first-order chi connectivity index (χ1) is 11.3. The van der Waals surface area contributed by atoms with E-state index in [9.17, 15) is 27.9 Å². The minimum absolute atomic E-state index is 0.0629. The van der Waals surface area contributed by atoms with E-state index in [-0.39, 0.29) is 12.5 Å². The third kappa shape index (κ3) is 4.95. The lowest BCUT2D eigenvalue weighted by atomic mass is 9.87. The Bertz CT molecular complexity index is 604. The predicted octanol–water partition coefficient (Wildman–Crippen LogP) is 2.31. The van der Waals surface area contributed by atoms with Crippen molar-refractivity contribution in [1.82, 2.24) is 5.32 Å². The summed E-state index contributed by atoms with van der Waals surface area (Å²) >= 11 is 0. The highest BCUT2D eigenvalue weighted by molar-refractivity contribution is 6.39. The van der Waals surface area contributed by atoms with Gasteiger partial charge in [-0.3, -0.25) is 9.59 Å². The molecule has 0 radical (unpaired) electrons. The Hall–Kier alpha value is -2.09. The van der Waals surface area contributed by atoms with Crippen LogP contribution < -0.4 is 10.6 Å². The van der Waals surface area contributed by atoms with Crippen molar-refractivity contribution in [3.8, 4) is 0 Å². The van der Waals surface area contributed by atoms with E-state index in [4.69, 9.17) is 0 Å². The molecule has 2 atom stereocenters. The predicted molar refractivity (Wildman–Crippen MR) is 81.0 cm³/mol. The van der Waals surface area contributed by atoms with E-state index in [1.54, 1.807) is 0 Å². The van der Waals surface area contributed by atoms with Crippen molar-refractivity contribution in [3.63, 3.8) is 0 Å². The van der Waals surface area contributed by atoms with E-state index in [2.05, 4.69) is 5.32 Å². The van der Waals surface area contributed by atoms with Crippen molar-refractivity contribution in [2.24, 2.45) is 5.92 Å². The van der Waals surface area contributed by atoms with Gasteiger partial charge in [-0.05, 0) is 37.3 Å². The molecule has 3 N–H and O–H groups in total. The molecule has 2 rings (SSSR count). The number of benzene rings is 1. The van der Waals surface area contributed by atoms with Gasteiger partial charge in [0.1, 0.15) is 0 Å². The Morgan fingerprint density at radius 1 is 1.17 bits per heavy atom. The number of nitrogens with one attached hydrogen (secondary N) is 2. The second-order valence-electron chi connectivity index (χ2n) is 5.89. The Morgan fingerprint density at radius 2 is 1.88 bits per heavy atom. The summed E-state index contributed by atoms with van der Waals surface area (Å²) in [7, 11) is 0. The van der Waals surface area contributed by atoms with Crippen LogP contribution in [0.3, 0.4) is 0 Å². The van der Waals surface area contributed by atoms with Crippen LogP contribution in [0.25, 0.3) is 0 Å². The summed E-state index contributed by atoms with van der Waals surface area (Å²) in [5.41, 5.74) is -1.47. The number of anilines is 1. The molecule has 1 aromatic rings. The van der Waals surface area contributed by atoms with E-state index < -0.39 is 35.3 Å². The van der Waals surface area contributed by atoms with Gasteiger partial charge in [-0.1, -0.05) is 18.6 Å². The summed E-state index contributed by atoms with van der Waals surface area (Å²) in [6.07, 6.45) is -2.10. The summed E-state index contributed by atoms with van der Waals surface area (Å²) < 4.78 is 38.6. The van der Waals surface area contributed by atoms with Crippen LogP contribution in [0.1, 0.15) is 31.2 Å². The molecule has 1 aromatic carbocycles. The van der Waals surface area contributed by atoms with Crippen molar-refractivity contribution >= 4 is 17.5 Å². The second kappa shape index (κ2) is 7.65. The molecule has 0 bridgehead atoms. The number of alkyl halides is 3. The molecule has 0 aliphatic heterocycles. The maximum Gasteiger partial charge on any atom is 0.418 e. The molecule has 1 aliphatic carbocycles. The number of carbonyl (C=O) groups is 2. The molecule has 2 unspecified atom stereocenters. The molecule has 2 amide bonds. The normalized spacial score (nSPS) is 21.2. The first kappa shape index (κ1) is 18.3. The SMILES string of the molecule is O=C(NCC1CCCC(O)C1)C(=O)Nc1ccccc1C(F)(F)F. The van der Waals surface area contributed by atoms with Crippen LogP contribution in [0.5, 0.6) is 0 Å². The maximum atomic E-state index is 12.9. The van der Waals surface area contributed by atoms with Gasteiger partial charge in [-0.15, -0.1) is 0 Å². The van der Waals surface area contributed by atoms with E-state index in [1.165, 1.54) is 12.1 Å². The van der Waals surface area contributed by atoms with Crippen LogP contribution in [0, 0.1) is 5.92 Å². The zero-order valence-electron chi connectivity index (χ0n) is 12.9. The topological polar surface area (TPSA) is 78.4 Å². The average Bonchev–Trinajstić information content (AvgIpc) is 2.52. The molecule has 5 nitrogen and oxygen atoms in total. The van der Waals surface area contributed by atoms with E-state index in [0.717, 1.165) is 31.4 Å². The number of rotatable bonds is 3. The number of hydrogen-bond acceptors (Lipinski definition) is 3. The summed E-state index contributed by atoms with van der Waals surface area (Å²) in [6, 6.07) is 4.46.